The van der Waals surface area contributed by atoms with Crippen LogP contribution in [0.5, 0.6) is 0 Å². The molecule has 1 N–H and O–H groups in total. The first-order chi connectivity index (χ1) is 8.63. The Morgan fingerprint density at radius 2 is 1.72 bits per heavy atom. The average molecular weight is 280 g/mol. The van der Waals surface area contributed by atoms with E-state index < -0.39 is 0 Å². The zero-order chi connectivity index (χ0) is 13.1. The van der Waals surface area contributed by atoms with Gasteiger partial charge in [-0.15, -0.1) is 0 Å². The van der Waals surface area contributed by atoms with Gasteiger partial charge >= 0.3 is 0 Å². The van der Waals surface area contributed by atoms with Crippen LogP contribution >= 0.6 is 23.2 Å². The van der Waals surface area contributed by atoms with Crippen molar-refractivity contribution in [3.8, 4) is 0 Å². The van der Waals surface area contributed by atoms with E-state index in [2.05, 4.69) is 24.4 Å². The highest BCUT2D eigenvalue weighted by atomic mass is 35.5. The summed E-state index contributed by atoms with van der Waals surface area (Å²) < 4.78 is 0. The van der Waals surface area contributed by atoms with Gasteiger partial charge in [-0.3, -0.25) is 0 Å². The molecule has 0 radical (unpaired) electrons. The molecule has 1 atom stereocenters. The van der Waals surface area contributed by atoms with E-state index in [1.54, 1.807) is 6.07 Å². The summed E-state index contributed by atoms with van der Waals surface area (Å²) in [5, 5.41) is 4.65. The van der Waals surface area contributed by atoms with Crippen molar-refractivity contribution in [2.45, 2.75) is 13.0 Å². The normalized spacial score (nSPS) is 12.4. The van der Waals surface area contributed by atoms with Gasteiger partial charge in [0.2, 0.25) is 0 Å². The van der Waals surface area contributed by atoms with Crippen LogP contribution in [0.3, 0.4) is 0 Å². The van der Waals surface area contributed by atoms with Crippen molar-refractivity contribution in [1.29, 1.82) is 0 Å². The minimum atomic E-state index is 0.0796. The summed E-state index contributed by atoms with van der Waals surface area (Å²) in [5.41, 5.74) is 3.50. The third-order valence-corrected chi connectivity index (χ3v) is 3.62. The van der Waals surface area contributed by atoms with Gasteiger partial charge in [0.05, 0.1) is 6.04 Å². The third-order valence-electron chi connectivity index (χ3n) is 3.06. The Kier molecular flexibility index (Phi) is 4.28. The molecule has 0 aliphatic rings. The molecular formula is C15H15Cl2N. The molecule has 0 aromatic heterocycles. The van der Waals surface area contributed by atoms with Crippen molar-refractivity contribution in [1.82, 2.24) is 5.32 Å². The van der Waals surface area contributed by atoms with Gasteiger partial charge in [0, 0.05) is 10.0 Å². The topological polar surface area (TPSA) is 12.0 Å². The maximum Gasteiger partial charge on any atom is 0.0591 e. The Balaban J connectivity index is 2.49. The molecule has 94 valence electrons. The second-order valence-corrected chi connectivity index (χ2v) is 5.09. The number of hydrogen-bond donors (Lipinski definition) is 1. The average Bonchev–Trinajstić information content (AvgIpc) is 2.34. The lowest BCUT2D eigenvalue weighted by Crippen LogP contribution is -2.19. The molecule has 0 amide bonds. The highest BCUT2D eigenvalue weighted by molar-refractivity contribution is 6.35. The van der Waals surface area contributed by atoms with E-state index in [1.165, 1.54) is 11.1 Å². The molecule has 0 spiro atoms. The third kappa shape index (κ3) is 2.69. The molecule has 0 saturated heterocycles. The molecule has 1 nitrogen and oxygen atoms in total. The number of aryl methyl sites for hydroxylation is 1. The fourth-order valence-corrected chi connectivity index (χ4v) is 2.64. The number of rotatable bonds is 3. The zero-order valence-corrected chi connectivity index (χ0v) is 11.9. The summed E-state index contributed by atoms with van der Waals surface area (Å²) >= 11 is 12.2. The highest BCUT2D eigenvalue weighted by Crippen LogP contribution is 2.31. The summed E-state index contributed by atoms with van der Waals surface area (Å²) in [6, 6.07) is 14.0. The first kappa shape index (κ1) is 13.4. The van der Waals surface area contributed by atoms with Crippen LogP contribution in [0.15, 0.2) is 42.5 Å². The standard InChI is InChI=1S/C15H15Cl2N/c1-10-5-3-4-6-12(10)15(18-2)13-8-7-11(16)9-14(13)17/h3-9,15,18H,1-2H3. The van der Waals surface area contributed by atoms with Gasteiger partial charge in [0.1, 0.15) is 0 Å². The molecule has 0 bridgehead atoms. The van der Waals surface area contributed by atoms with Crippen molar-refractivity contribution < 1.29 is 0 Å². The van der Waals surface area contributed by atoms with Gasteiger partial charge < -0.3 is 5.32 Å². The predicted octanol–water partition coefficient (Wildman–Crippen LogP) is 4.61. The summed E-state index contributed by atoms with van der Waals surface area (Å²) in [7, 11) is 1.93. The quantitative estimate of drug-likeness (QED) is 0.865. The molecule has 0 aliphatic carbocycles. The van der Waals surface area contributed by atoms with Crippen LogP contribution in [0.25, 0.3) is 0 Å². The van der Waals surface area contributed by atoms with E-state index in [4.69, 9.17) is 23.2 Å². The molecule has 1 unspecified atom stereocenters. The van der Waals surface area contributed by atoms with E-state index >= 15 is 0 Å². The fourth-order valence-electron chi connectivity index (χ4n) is 2.12. The van der Waals surface area contributed by atoms with Gasteiger partial charge in [-0.25, -0.2) is 0 Å². The molecule has 18 heavy (non-hydrogen) atoms. The summed E-state index contributed by atoms with van der Waals surface area (Å²) in [5.74, 6) is 0. The van der Waals surface area contributed by atoms with Crippen LogP contribution in [0.2, 0.25) is 10.0 Å². The number of benzene rings is 2. The minimum absolute atomic E-state index is 0.0796. The van der Waals surface area contributed by atoms with Gasteiger partial charge in [-0.2, -0.15) is 0 Å². The van der Waals surface area contributed by atoms with Crippen LogP contribution < -0.4 is 5.32 Å². The van der Waals surface area contributed by atoms with Crippen LogP contribution in [-0.4, -0.2) is 7.05 Å². The van der Waals surface area contributed by atoms with E-state index in [1.807, 2.05) is 31.3 Å². The van der Waals surface area contributed by atoms with Gasteiger partial charge in [0.25, 0.3) is 0 Å². The Bertz CT molecular complexity index is 552. The first-order valence-corrected chi connectivity index (χ1v) is 6.57. The SMILES string of the molecule is CNC(c1ccccc1C)c1ccc(Cl)cc1Cl. The van der Waals surface area contributed by atoms with E-state index in [9.17, 15) is 0 Å². The Morgan fingerprint density at radius 1 is 1.00 bits per heavy atom. The van der Waals surface area contributed by atoms with Crippen LogP contribution in [-0.2, 0) is 0 Å². The van der Waals surface area contributed by atoms with E-state index in [0.717, 1.165) is 5.56 Å². The molecule has 2 aromatic carbocycles. The Morgan fingerprint density at radius 3 is 2.33 bits per heavy atom. The lowest BCUT2D eigenvalue weighted by atomic mass is 9.95. The lowest BCUT2D eigenvalue weighted by Gasteiger charge is -2.20. The molecule has 3 heteroatoms. The second-order valence-electron chi connectivity index (χ2n) is 4.24. The molecule has 2 rings (SSSR count). The number of nitrogens with one attached hydrogen (secondary N) is 1. The fraction of sp³-hybridized carbons (Fsp3) is 0.200. The second kappa shape index (κ2) is 5.75. The number of hydrogen-bond acceptors (Lipinski definition) is 1. The van der Waals surface area contributed by atoms with Crippen LogP contribution in [0.4, 0.5) is 0 Å². The molecule has 0 aliphatic heterocycles. The summed E-state index contributed by atoms with van der Waals surface area (Å²) in [6.45, 7) is 2.10. The minimum Gasteiger partial charge on any atom is -0.309 e. The molecule has 0 heterocycles. The maximum atomic E-state index is 6.28. The lowest BCUT2D eigenvalue weighted by molar-refractivity contribution is 0.688. The monoisotopic (exact) mass is 279 g/mol. The molecule has 0 fully saturated rings. The molecule has 0 saturated carbocycles. The van der Waals surface area contributed by atoms with E-state index in [-0.39, 0.29) is 6.04 Å². The largest absolute Gasteiger partial charge is 0.309 e. The number of halogens is 2. The van der Waals surface area contributed by atoms with Gasteiger partial charge in [-0.1, -0.05) is 53.5 Å². The first-order valence-electron chi connectivity index (χ1n) is 5.81. The maximum absolute atomic E-state index is 6.28. The van der Waals surface area contributed by atoms with Crippen molar-refractivity contribution in [3.63, 3.8) is 0 Å². The summed E-state index contributed by atoms with van der Waals surface area (Å²) in [4.78, 5) is 0. The predicted molar refractivity (Wildman–Crippen MR) is 78.5 cm³/mol. The van der Waals surface area contributed by atoms with Crippen LogP contribution in [0, 0.1) is 6.92 Å². The van der Waals surface area contributed by atoms with Crippen molar-refractivity contribution in [2.24, 2.45) is 0 Å². The van der Waals surface area contributed by atoms with E-state index in [0.29, 0.717) is 10.0 Å². The molecular weight excluding hydrogens is 265 g/mol. The van der Waals surface area contributed by atoms with Crippen LogP contribution in [0.1, 0.15) is 22.7 Å². The molecule has 2 aromatic rings. The Hall–Kier alpha value is -1.02. The highest BCUT2D eigenvalue weighted by Gasteiger charge is 2.16. The van der Waals surface area contributed by atoms with Crippen molar-refractivity contribution >= 4 is 23.2 Å². The Labute approximate surface area is 118 Å². The summed E-state index contributed by atoms with van der Waals surface area (Å²) in [6.07, 6.45) is 0. The van der Waals surface area contributed by atoms with Gasteiger partial charge in [-0.05, 0) is 42.8 Å². The zero-order valence-electron chi connectivity index (χ0n) is 10.4. The van der Waals surface area contributed by atoms with Crippen molar-refractivity contribution in [3.05, 3.63) is 69.2 Å². The smallest absolute Gasteiger partial charge is 0.0591 e. The van der Waals surface area contributed by atoms with Crippen molar-refractivity contribution in [2.75, 3.05) is 7.05 Å². The van der Waals surface area contributed by atoms with Gasteiger partial charge in [0.15, 0.2) is 0 Å².